The summed E-state index contributed by atoms with van der Waals surface area (Å²) in [6.07, 6.45) is 0. The molecule has 140 valence electrons. The zero-order chi connectivity index (χ0) is 19.4. The normalized spacial score (nSPS) is 10.5. The lowest BCUT2D eigenvalue weighted by atomic mass is 10.2. The summed E-state index contributed by atoms with van der Waals surface area (Å²) in [5, 5.41) is 2.39. The second-order valence-electron chi connectivity index (χ2n) is 5.39. The number of hydrogen-bond donors (Lipinski definition) is 0. The van der Waals surface area contributed by atoms with E-state index in [1.54, 1.807) is 24.6 Å². The van der Waals surface area contributed by atoms with Crippen LogP contribution in [0.1, 0.15) is 16.1 Å². The van der Waals surface area contributed by atoms with Crippen LogP contribution in [0.2, 0.25) is 0 Å². The second-order valence-corrected chi connectivity index (χ2v) is 6.24. The number of methoxy groups -OCH3 is 2. The van der Waals surface area contributed by atoms with Gasteiger partial charge in [0.25, 0.3) is 0 Å². The Morgan fingerprint density at radius 3 is 2.44 bits per heavy atom. The molecule has 0 spiro atoms. The van der Waals surface area contributed by atoms with Gasteiger partial charge in [-0.15, -0.1) is 11.3 Å². The maximum Gasteiger partial charge on any atom is 0.344 e. The zero-order valence-electron chi connectivity index (χ0n) is 14.5. The minimum absolute atomic E-state index is 0.198. The molecule has 8 heteroatoms. The second kappa shape index (κ2) is 8.13. The first kappa shape index (κ1) is 18.8. The molecule has 0 aliphatic rings. The van der Waals surface area contributed by atoms with E-state index in [1.165, 1.54) is 24.5 Å². The number of carbonyl (C=O) groups is 1. The van der Waals surface area contributed by atoms with Crippen LogP contribution in [0.15, 0.2) is 41.8 Å². The van der Waals surface area contributed by atoms with Crippen molar-refractivity contribution in [3.63, 3.8) is 0 Å². The molecule has 2 aromatic carbocycles. The lowest BCUT2D eigenvalue weighted by molar-refractivity contribution is 0.0457. The molecule has 0 unspecified atom stereocenters. The van der Waals surface area contributed by atoms with E-state index in [2.05, 4.69) is 4.98 Å². The predicted octanol–water partition coefficient (Wildman–Crippen LogP) is 4.46. The number of esters is 1. The molecule has 1 heterocycles. The molecular formula is C19H15F2NO4S. The van der Waals surface area contributed by atoms with Crippen molar-refractivity contribution in [2.24, 2.45) is 0 Å². The third-order valence-corrected chi connectivity index (χ3v) is 4.64. The Hall–Kier alpha value is -3.00. The molecule has 0 N–H and O–H groups in total. The Morgan fingerprint density at radius 1 is 1.07 bits per heavy atom. The average molecular weight is 391 g/mol. The van der Waals surface area contributed by atoms with E-state index in [1.807, 2.05) is 6.07 Å². The topological polar surface area (TPSA) is 57.7 Å². The van der Waals surface area contributed by atoms with Gasteiger partial charge in [-0.1, -0.05) is 6.07 Å². The fourth-order valence-corrected chi connectivity index (χ4v) is 3.18. The van der Waals surface area contributed by atoms with Crippen molar-refractivity contribution in [2.45, 2.75) is 6.61 Å². The highest BCUT2D eigenvalue weighted by molar-refractivity contribution is 7.13. The van der Waals surface area contributed by atoms with Gasteiger partial charge >= 0.3 is 5.97 Å². The Kier molecular flexibility index (Phi) is 5.66. The number of rotatable bonds is 6. The van der Waals surface area contributed by atoms with Gasteiger partial charge in [0.1, 0.15) is 28.8 Å². The minimum atomic E-state index is -1.08. The lowest BCUT2D eigenvalue weighted by Gasteiger charge is -2.08. The molecule has 0 aliphatic heterocycles. The molecule has 0 fully saturated rings. The maximum absolute atomic E-state index is 13.6. The molecule has 0 amide bonds. The number of hydrogen-bond acceptors (Lipinski definition) is 6. The van der Waals surface area contributed by atoms with E-state index < -0.39 is 23.2 Å². The molecule has 0 saturated carbocycles. The third kappa shape index (κ3) is 4.06. The summed E-state index contributed by atoms with van der Waals surface area (Å²) in [5.74, 6) is -1.85. The van der Waals surface area contributed by atoms with Gasteiger partial charge in [-0.25, -0.2) is 18.6 Å². The van der Waals surface area contributed by atoms with Crippen molar-refractivity contribution >= 4 is 17.3 Å². The van der Waals surface area contributed by atoms with E-state index >= 15 is 0 Å². The van der Waals surface area contributed by atoms with Crippen LogP contribution in [-0.2, 0) is 11.3 Å². The molecule has 5 nitrogen and oxygen atoms in total. The van der Waals surface area contributed by atoms with E-state index in [9.17, 15) is 13.6 Å². The molecule has 0 bridgehead atoms. The van der Waals surface area contributed by atoms with Crippen LogP contribution >= 0.6 is 11.3 Å². The van der Waals surface area contributed by atoms with Crippen LogP contribution in [0.3, 0.4) is 0 Å². The monoisotopic (exact) mass is 391 g/mol. The highest BCUT2D eigenvalue weighted by atomic mass is 32.1. The van der Waals surface area contributed by atoms with Gasteiger partial charge in [-0.05, 0) is 30.3 Å². The van der Waals surface area contributed by atoms with E-state index in [0.717, 1.165) is 17.7 Å². The average Bonchev–Trinajstić information content (AvgIpc) is 3.14. The molecule has 3 aromatic rings. The van der Waals surface area contributed by atoms with Crippen molar-refractivity contribution in [1.29, 1.82) is 0 Å². The third-order valence-electron chi connectivity index (χ3n) is 3.70. The quantitative estimate of drug-likeness (QED) is 0.581. The zero-order valence-corrected chi connectivity index (χ0v) is 15.3. The number of aromatic nitrogens is 1. The summed E-state index contributed by atoms with van der Waals surface area (Å²) in [7, 11) is 3.09. The van der Waals surface area contributed by atoms with Gasteiger partial charge in [0.05, 0.1) is 19.9 Å². The van der Waals surface area contributed by atoms with Crippen molar-refractivity contribution in [2.75, 3.05) is 14.2 Å². The summed E-state index contributed by atoms with van der Waals surface area (Å²) in [4.78, 5) is 16.3. The predicted molar refractivity (Wildman–Crippen MR) is 96.1 cm³/mol. The summed E-state index contributed by atoms with van der Waals surface area (Å²) in [5.41, 5.74) is 0.554. The number of ether oxygens (including phenoxy) is 3. The summed E-state index contributed by atoms with van der Waals surface area (Å²) in [6, 6.07) is 8.54. The molecule has 27 heavy (non-hydrogen) atoms. The summed E-state index contributed by atoms with van der Waals surface area (Å²) < 4.78 is 42.7. The smallest absolute Gasteiger partial charge is 0.344 e. The largest absolute Gasteiger partial charge is 0.493 e. The number of thiazole rings is 1. The lowest BCUT2D eigenvalue weighted by Crippen LogP contribution is -2.10. The van der Waals surface area contributed by atoms with Crippen LogP contribution in [0.25, 0.3) is 10.6 Å². The summed E-state index contributed by atoms with van der Waals surface area (Å²) >= 11 is 1.34. The number of carbonyl (C=O) groups excluding carboxylic acids is 1. The van der Waals surface area contributed by atoms with Gasteiger partial charge in [0.15, 0.2) is 11.5 Å². The Morgan fingerprint density at radius 2 is 1.78 bits per heavy atom. The first-order valence-electron chi connectivity index (χ1n) is 7.81. The fraction of sp³-hybridized carbons (Fsp3) is 0.158. The molecular weight excluding hydrogens is 376 g/mol. The van der Waals surface area contributed by atoms with E-state index in [-0.39, 0.29) is 6.61 Å². The fourth-order valence-electron chi connectivity index (χ4n) is 2.38. The van der Waals surface area contributed by atoms with Crippen LogP contribution in [0.5, 0.6) is 11.5 Å². The minimum Gasteiger partial charge on any atom is -0.493 e. The molecule has 0 atom stereocenters. The number of benzene rings is 2. The molecule has 0 saturated heterocycles. The van der Waals surface area contributed by atoms with Crippen LogP contribution < -0.4 is 9.47 Å². The van der Waals surface area contributed by atoms with Gasteiger partial charge in [0.2, 0.25) is 0 Å². The first-order valence-corrected chi connectivity index (χ1v) is 8.69. The molecule has 0 aliphatic carbocycles. The van der Waals surface area contributed by atoms with Crippen molar-refractivity contribution in [1.82, 2.24) is 4.98 Å². The Balaban J connectivity index is 1.72. The molecule has 1 aromatic heterocycles. The van der Waals surface area contributed by atoms with Gasteiger partial charge in [-0.3, -0.25) is 0 Å². The van der Waals surface area contributed by atoms with Gasteiger partial charge in [0, 0.05) is 10.9 Å². The van der Waals surface area contributed by atoms with Crippen molar-refractivity contribution in [3.8, 4) is 22.1 Å². The van der Waals surface area contributed by atoms with Crippen molar-refractivity contribution in [3.05, 3.63) is 64.7 Å². The van der Waals surface area contributed by atoms with E-state index in [0.29, 0.717) is 22.2 Å². The first-order chi connectivity index (χ1) is 13.0. The summed E-state index contributed by atoms with van der Waals surface area (Å²) in [6.45, 7) is -0.198. The van der Waals surface area contributed by atoms with Crippen LogP contribution in [-0.4, -0.2) is 25.2 Å². The van der Waals surface area contributed by atoms with Gasteiger partial charge in [-0.2, -0.15) is 0 Å². The Bertz CT molecular complexity index is 954. The number of halogens is 2. The Labute approximate surface area is 158 Å². The highest BCUT2D eigenvalue weighted by Gasteiger charge is 2.19. The SMILES string of the molecule is COc1ccc(-c2nc(COC(=O)c3c(F)cccc3F)cs2)cc1OC. The van der Waals surface area contributed by atoms with Gasteiger partial charge < -0.3 is 14.2 Å². The van der Waals surface area contributed by atoms with Crippen LogP contribution in [0, 0.1) is 11.6 Å². The van der Waals surface area contributed by atoms with E-state index in [4.69, 9.17) is 14.2 Å². The molecule has 3 rings (SSSR count). The van der Waals surface area contributed by atoms with Crippen molar-refractivity contribution < 1.29 is 27.8 Å². The highest BCUT2D eigenvalue weighted by Crippen LogP contribution is 2.33. The number of nitrogens with zero attached hydrogens (tertiary/aromatic N) is 1. The standard InChI is InChI=1S/C19H15F2NO4S/c1-24-15-7-6-11(8-16(15)25-2)18-22-12(10-27-18)9-26-19(23)17-13(20)4-3-5-14(17)21/h3-8,10H,9H2,1-2H3. The maximum atomic E-state index is 13.6. The molecule has 0 radical (unpaired) electrons. The van der Waals surface area contributed by atoms with Crippen LogP contribution in [0.4, 0.5) is 8.78 Å².